The Morgan fingerprint density at radius 2 is 2.07 bits per heavy atom. The number of rotatable bonds is 10. The monoisotopic (exact) mass is 414 g/mol. The lowest BCUT2D eigenvalue weighted by atomic mass is 10.1. The van der Waals surface area contributed by atoms with Gasteiger partial charge in [0.2, 0.25) is 5.91 Å². The number of carbonyl (C=O) groups is 1. The predicted molar refractivity (Wildman–Crippen MR) is 112 cm³/mol. The van der Waals surface area contributed by atoms with E-state index in [0.29, 0.717) is 26.1 Å². The quantitative estimate of drug-likeness (QED) is 0.643. The number of nitriles is 1. The van der Waals surface area contributed by atoms with Gasteiger partial charge in [0.15, 0.2) is 0 Å². The second kappa shape index (κ2) is 11.0. The van der Waals surface area contributed by atoms with Gasteiger partial charge in [-0.2, -0.15) is 5.26 Å². The van der Waals surface area contributed by atoms with Crippen LogP contribution >= 0.6 is 11.6 Å². The number of benzene rings is 1. The molecule has 1 amide bonds. The zero-order valence-electron chi connectivity index (χ0n) is 16.5. The molecule has 2 heterocycles. The van der Waals surface area contributed by atoms with E-state index in [1.54, 1.807) is 6.26 Å². The van der Waals surface area contributed by atoms with Crippen molar-refractivity contribution >= 4 is 17.5 Å². The molecule has 0 bridgehead atoms. The van der Waals surface area contributed by atoms with Gasteiger partial charge in [-0.05, 0) is 49.7 Å². The molecule has 0 spiro atoms. The van der Waals surface area contributed by atoms with Crippen LogP contribution < -0.4 is 5.32 Å². The Kier molecular flexibility index (Phi) is 8.12. The molecule has 1 saturated heterocycles. The van der Waals surface area contributed by atoms with Gasteiger partial charge < -0.3 is 9.73 Å². The van der Waals surface area contributed by atoms with E-state index in [2.05, 4.69) is 16.3 Å². The maximum atomic E-state index is 12.7. The first-order chi connectivity index (χ1) is 14.2. The molecule has 1 aliphatic rings. The van der Waals surface area contributed by atoms with Gasteiger partial charge in [-0.1, -0.05) is 29.8 Å². The second-order valence-electron chi connectivity index (χ2n) is 7.28. The number of likely N-dealkylation sites (tertiary alicyclic amines) is 1. The van der Waals surface area contributed by atoms with Gasteiger partial charge in [0.25, 0.3) is 0 Å². The van der Waals surface area contributed by atoms with E-state index in [4.69, 9.17) is 21.3 Å². The average molecular weight is 415 g/mol. The number of halogens is 1. The molecule has 0 aliphatic carbocycles. The molecule has 1 aliphatic heterocycles. The standard InChI is InChI=1S/C22H27ClN4O2/c23-20-9-2-1-8-19(20)21(27-12-3-4-13-27)15-25-22(28)17-26(11-6-10-24)16-18-7-5-14-29-18/h1-2,5,7-9,14,21H,3-4,6,11-13,15-17H2,(H,25,28). The zero-order chi connectivity index (χ0) is 20.5. The molecule has 1 unspecified atom stereocenters. The minimum atomic E-state index is -0.0641. The molecule has 1 fully saturated rings. The van der Waals surface area contributed by atoms with Gasteiger partial charge in [0, 0.05) is 24.5 Å². The number of hydrogen-bond acceptors (Lipinski definition) is 5. The summed E-state index contributed by atoms with van der Waals surface area (Å²) >= 11 is 6.45. The molecule has 3 rings (SSSR count). The number of nitrogens with one attached hydrogen (secondary N) is 1. The number of nitrogens with zero attached hydrogens (tertiary/aromatic N) is 3. The maximum Gasteiger partial charge on any atom is 0.234 e. The highest BCUT2D eigenvalue weighted by atomic mass is 35.5. The highest BCUT2D eigenvalue weighted by molar-refractivity contribution is 6.31. The Labute approximate surface area is 177 Å². The van der Waals surface area contributed by atoms with Gasteiger partial charge >= 0.3 is 0 Å². The molecule has 1 aromatic heterocycles. The van der Waals surface area contributed by atoms with E-state index in [-0.39, 0.29) is 18.5 Å². The summed E-state index contributed by atoms with van der Waals surface area (Å²) in [6.07, 6.45) is 4.31. The minimum absolute atomic E-state index is 0.0628. The third kappa shape index (κ3) is 6.33. The molecule has 0 radical (unpaired) electrons. The van der Waals surface area contributed by atoms with Crippen molar-refractivity contribution in [3.05, 3.63) is 59.0 Å². The van der Waals surface area contributed by atoms with Crippen LogP contribution in [0.2, 0.25) is 5.02 Å². The topological polar surface area (TPSA) is 72.5 Å². The van der Waals surface area contributed by atoms with Crippen LogP contribution in [0.4, 0.5) is 0 Å². The number of hydrogen-bond donors (Lipinski definition) is 1. The van der Waals surface area contributed by atoms with E-state index in [0.717, 1.165) is 29.4 Å². The molecule has 1 atom stereocenters. The Balaban J connectivity index is 1.61. The largest absolute Gasteiger partial charge is 0.468 e. The summed E-state index contributed by atoms with van der Waals surface area (Å²) in [7, 11) is 0. The van der Waals surface area contributed by atoms with E-state index < -0.39 is 0 Å². The fourth-order valence-electron chi connectivity index (χ4n) is 3.75. The van der Waals surface area contributed by atoms with Crippen LogP contribution in [0, 0.1) is 11.3 Å². The summed E-state index contributed by atoms with van der Waals surface area (Å²) in [5.74, 6) is 0.715. The molecular formula is C22H27ClN4O2. The summed E-state index contributed by atoms with van der Waals surface area (Å²) in [5, 5.41) is 12.7. The molecule has 1 N–H and O–H groups in total. The second-order valence-corrected chi connectivity index (χ2v) is 7.69. The van der Waals surface area contributed by atoms with Crippen molar-refractivity contribution in [3.63, 3.8) is 0 Å². The highest BCUT2D eigenvalue weighted by Gasteiger charge is 2.25. The Morgan fingerprint density at radius 3 is 2.76 bits per heavy atom. The third-order valence-electron chi connectivity index (χ3n) is 5.20. The average Bonchev–Trinajstić information content (AvgIpc) is 3.42. The fourth-order valence-corrected chi connectivity index (χ4v) is 4.01. The first-order valence-corrected chi connectivity index (χ1v) is 10.4. The van der Waals surface area contributed by atoms with E-state index in [1.165, 1.54) is 12.8 Å². The lowest BCUT2D eigenvalue weighted by Gasteiger charge is -2.29. The van der Waals surface area contributed by atoms with Gasteiger partial charge in [0.1, 0.15) is 5.76 Å². The number of carbonyl (C=O) groups excluding carboxylic acids is 1. The summed E-state index contributed by atoms with van der Waals surface area (Å²) < 4.78 is 5.38. The SMILES string of the molecule is N#CCCN(CC(=O)NCC(c1ccccc1Cl)N1CCCC1)Cc1ccco1. The summed E-state index contributed by atoms with van der Waals surface area (Å²) in [6.45, 7) is 3.77. The van der Waals surface area contributed by atoms with Gasteiger partial charge in [-0.3, -0.25) is 14.6 Å². The predicted octanol–water partition coefficient (Wildman–Crippen LogP) is 3.60. The summed E-state index contributed by atoms with van der Waals surface area (Å²) in [4.78, 5) is 17.0. The maximum absolute atomic E-state index is 12.7. The fraction of sp³-hybridized carbons (Fsp3) is 0.455. The van der Waals surface area contributed by atoms with Crippen molar-refractivity contribution < 1.29 is 9.21 Å². The van der Waals surface area contributed by atoms with Crippen LogP contribution in [0.1, 0.15) is 36.6 Å². The molecule has 6 nitrogen and oxygen atoms in total. The van der Waals surface area contributed by atoms with Crippen LogP contribution in [0.25, 0.3) is 0 Å². The van der Waals surface area contributed by atoms with Crippen molar-refractivity contribution in [2.45, 2.75) is 31.8 Å². The first-order valence-electron chi connectivity index (χ1n) is 10.0. The van der Waals surface area contributed by atoms with Crippen molar-refractivity contribution in [2.24, 2.45) is 0 Å². The molecule has 154 valence electrons. The normalized spacial score (nSPS) is 15.3. The number of furan rings is 1. The van der Waals surface area contributed by atoms with E-state index in [1.807, 2.05) is 41.3 Å². The Morgan fingerprint density at radius 1 is 1.28 bits per heavy atom. The van der Waals surface area contributed by atoms with Gasteiger partial charge in [0.05, 0.1) is 31.5 Å². The lowest BCUT2D eigenvalue weighted by molar-refractivity contribution is -0.122. The molecule has 2 aromatic rings. The van der Waals surface area contributed by atoms with Crippen LogP contribution in [0.3, 0.4) is 0 Å². The number of amides is 1. The van der Waals surface area contributed by atoms with E-state index in [9.17, 15) is 4.79 Å². The molecule has 0 saturated carbocycles. The van der Waals surface area contributed by atoms with Crippen molar-refractivity contribution in [2.75, 3.05) is 32.7 Å². The Hall–Kier alpha value is -2.33. The summed E-state index contributed by atoms with van der Waals surface area (Å²) in [6, 6.07) is 13.7. The zero-order valence-corrected chi connectivity index (χ0v) is 17.3. The van der Waals surface area contributed by atoms with Crippen molar-refractivity contribution in [1.82, 2.24) is 15.1 Å². The highest BCUT2D eigenvalue weighted by Crippen LogP contribution is 2.29. The van der Waals surface area contributed by atoms with Crippen molar-refractivity contribution in [1.29, 1.82) is 5.26 Å². The molecular weight excluding hydrogens is 388 g/mol. The third-order valence-corrected chi connectivity index (χ3v) is 5.55. The van der Waals surface area contributed by atoms with Crippen LogP contribution in [0.15, 0.2) is 47.1 Å². The summed E-state index contributed by atoms with van der Waals surface area (Å²) in [5.41, 5.74) is 1.05. The van der Waals surface area contributed by atoms with Crippen LogP contribution in [-0.2, 0) is 11.3 Å². The van der Waals surface area contributed by atoms with Gasteiger partial charge in [-0.15, -0.1) is 0 Å². The van der Waals surface area contributed by atoms with E-state index >= 15 is 0 Å². The molecule has 29 heavy (non-hydrogen) atoms. The van der Waals surface area contributed by atoms with Crippen LogP contribution in [-0.4, -0.2) is 48.4 Å². The lowest BCUT2D eigenvalue weighted by Crippen LogP contribution is -2.41. The van der Waals surface area contributed by atoms with Gasteiger partial charge in [-0.25, -0.2) is 0 Å². The molecule has 1 aromatic carbocycles. The molecule has 7 heteroatoms. The minimum Gasteiger partial charge on any atom is -0.468 e. The Bertz CT molecular complexity index is 812. The van der Waals surface area contributed by atoms with Crippen LogP contribution in [0.5, 0.6) is 0 Å². The van der Waals surface area contributed by atoms with Crippen molar-refractivity contribution in [3.8, 4) is 6.07 Å². The smallest absolute Gasteiger partial charge is 0.234 e. The first kappa shape index (κ1) is 21.4.